The van der Waals surface area contributed by atoms with Gasteiger partial charge in [0, 0.05) is 37.4 Å². The van der Waals surface area contributed by atoms with E-state index in [1.165, 1.54) is 0 Å². The van der Waals surface area contributed by atoms with Gasteiger partial charge in [0.15, 0.2) is 0 Å². The van der Waals surface area contributed by atoms with Gasteiger partial charge in [0.25, 0.3) is 5.91 Å². The summed E-state index contributed by atoms with van der Waals surface area (Å²) in [5.74, 6) is 2.58. The minimum atomic E-state index is -0.260. The quantitative estimate of drug-likeness (QED) is 0.307. The summed E-state index contributed by atoms with van der Waals surface area (Å²) in [7, 11) is 1.57. The monoisotopic (exact) mass is 467 g/mol. The van der Waals surface area contributed by atoms with Crippen LogP contribution in [0.3, 0.4) is 0 Å². The van der Waals surface area contributed by atoms with Crippen LogP contribution in [-0.4, -0.2) is 22.9 Å². The zero-order valence-electron chi connectivity index (χ0n) is 18.4. The highest BCUT2D eigenvalue weighted by molar-refractivity contribution is 7.18. The number of aromatic nitrogens is 2. The van der Waals surface area contributed by atoms with Crippen molar-refractivity contribution in [2.75, 3.05) is 7.05 Å². The van der Waals surface area contributed by atoms with Crippen molar-refractivity contribution >= 4 is 27.5 Å². The van der Waals surface area contributed by atoms with Crippen molar-refractivity contribution in [2.45, 2.75) is 6.42 Å². The minimum absolute atomic E-state index is 0.260. The van der Waals surface area contributed by atoms with Gasteiger partial charge >= 0.3 is 0 Å². The standard InChI is InChI=1S/C27H21N3O3S/c1-28-27(31)23-16-21(13-14-29-23)32-20-11-12-22-25(17-20)34-26(30-22)15-18-7-5-6-10-24(18)33-19-8-3-2-4-9-19/h2-14,16-17H,15H2,1H3,(H,28,31). The molecule has 1 amide bonds. The Morgan fingerprint density at radius 1 is 0.882 bits per heavy atom. The fraction of sp³-hybridized carbons (Fsp3) is 0.0741. The first-order valence-corrected chi connectivity index (χ1v) is 11.6. The van der Waals surface area contributed by atoms with Crippen molar-refractivity contribution in [1.82, 2.24) is 15.3 Å². The molecule has 2 aromatic heterocycles. The second-order valence-electron chi connectivity index (χ2n) is 7.49. The van der Waals surface area contributed by atoms with Crippen LogP contribution in [0.1, 0.15) is 21.1 Å². The number of fused-ring (bicyclic) bond motifs is 1. The van der Waals surface area contributed by atoms with Crippen molar-refractivity contribution in [2.24, 2.45) is 0 Å². The van der Waals surface area contributed by atoms with E-state index in [0.717, 1.165) is 32.3 Å². The molecule has 0 aliphatic carbocycles. The lowest BCUT2D eigenvalue weighted by Crippen LogP contribution is -2.18. The number of hydrogen-bond donors (Lipinski definition) is 1. The number of para-hydroxylation sites is 2. The molecule has 7 heteroatoms. The van der Waals surface area contributed by atoms with Gasteiger partial charge in [-0.1, -0.05) is 36.4 Å². The molecule has 168 valence electrons. The molecule has 0 radical (unpaired) electrons. The molecule has 0 aliphatic heterocycles. The number of rotatable bonds is 7. The molecule has 0 bridgehead atoms. The summed E-state index contributed by atoms with van der Waals surface area (Å²) in [5.41, 5.74) is 2.28. The van der Waals surface area contributed by atoms with E-state index in [0.29, 0.717) is 23.6 Å². The average Bonchev–Trinajstić information content (AvgIpc) is 3.27. The maximum atomic E-state index is 11.8. The van der Waals surface area contributed by atoms with Crippen LogP contribution in [0, 0.1) is 0 Å². The van der Waals surface area contributed by atoms with Crippen LogP contribution in [0.25, 0.3) is 10.2 Å². The Kier molecular flexibility index (Phi) is 6.18. The van der Waals surface area contributed by atoms with Gasteiger partial charge in [-0.05, 0) is 36.4 Å². The molecule has 0 atom stereocenters. The number of carbonyl (C=O) groups is 1. The Labute approximate surface area is 200 Å². The van der Waals surface area contributed by atoms with Crippen molar-refractivity contribution in [3.05, 3.63) is 107 Å². The number of ether oxygens (including phenoxy) is 2. The molecule has 2 heterocycles. The van der Waals surface area contributed by atoms with Gasteiger partial charge in [-0.2, -0.15) is 0 Å². The maximum absolute atomic E-state index is 11.8. The zero-order valence-corrected chi connectivity index (χ0v) is 19.2. The van der Waals surface area contributed by atoms with Gasteiger partial charge in [0.2, 0.25) is 0 Å². The van der Waals surface area contributed by atoms with Crippen LogP contribution >= 0.6 is 11.3 Å². The van der Waals surface area contributed by atoms with E-state index in [1.807, 2.05) is 66.7 Å². The highest BCUT2D eigenvalue weighted by Crippen LogP contribution is 2.32. The summed E-state index contributed by atoms with van der Waals surface area (Å²) in [6, 6.07) is 26.9. The molecule has 0 aliphatic rings. The number of carbonyl (C=O) groups excluding carboxylic acids is 1. The van der Waals surface area contributed by atoms with E-state index in [1.54, 1.807) is 36.7 Å². The lowest BCUT2D eigenvalue weighted by Gasteiger charge is -2.10. The zero-order chi connectivity index (χ0) is 23.3. The highest BCUT2D eigenvalue weighted by Gasteiger charge is 2.11. The molecule has 1 N–H and O–H groups in total. The Bertz CT molecular complexity index is 1450. The Balaban J connectivity index is 1.36. The Morgan fingerprint density at radius 2 is 1.68 bits per heavy atom. The van der Waals surface area contributed by atoms with Crippen LogP contribution in [0.2, 0.25) is 0 Å². The molecule has 0 unspecified atom stereocenters. The molecular weight excluding hydrogens is 446 g/mol. The van der Waals surface area contributed by atoms with E-state index < -0.39 is 0 Å². The third-order valence-corrected chi connectivity index (χ3v) is 6.13. The number of benzene rings is 3. The number of pyridine rings is 1. The normalized spacial score (nSPS) is 10.7. The van der Waals surface area contributed by atoms with Crippen molar-refractivity contribution in [3.8, 4) is 23.0 Å². The van der Waals surface area contributed by atoms with Gasteiger partial charge in [-0.3, -0.25) is 9.78 Å². The van der Waals surface area contributed by atoms with Crippen LogP contribution in [0.15, 0.2) is 91.1 Å². The average molecular weight is 468 g/mol. The predicted molar refractivity (Wildman–Crippen MR) is 133 cm³/mol. The molecule has 3 aromatic carbocycles. The Morgan fingerprint density at radius 3 is 2.53 bits per heavy atom. The molecule has 0 fully saturated rings. The SMILES string of the molecule is CNC(=O)c1cc(Oc2ccc3nc(Cc4ccccc4Oc4ccccc4)sc3c2)ccn1. The number of thiazole rings is 1. The molecule has 6 nitrogen and oxygen atoms in total. The second kappa shape index (κ2) is 9.72. The van der Waals surface area contributed by atoms with Crippen molar-refractivity contribution in [1.29, 1.82) is 0 Å². The highest BCUT2D eigenvalue weighted by atomic mass is 32.1. The molecule has 5 aromatic rings. The van der Waals surface area contributed by atoms with E-state index in [9.17, 15) is 4.79 Å². The summed E-state index contributed by atoms with van der Waals surface area (Å²) >= 11 is 1.62. The van der Waals surface area contributed by atoms with Gasteiger partial charge in [0.05, 0.1) is 15.2 Å². The van der Waals surface area contributed by atoms with E-state index in [2.05, 4.69) is 16.4 Å². The molecule has 0 spiro atoms. The van der Waals surface area contributed by atoms with Gasteiger partial charge in [0.1, 0.15) is 28.7 Å². The van der Waals surface area contributed by atoms with E-state index in [-0.39, 0.29) is 5.91 Å². The van der Waals surface area contributed by atoms with Crippen molar-refractivity contribution < 1.29 is 14.3 Å². The lowest BCUT2D eigenvalue weighted by atomic mass is 10.1. The molecule has 5 rings (SSSR count). The first kappa shape index (κ1) is 21.6. The minimum Gasteiger partial charge on any atom is -0.457 e. The van der Waals surface area contributed by atoms with Gasteiger partial charge in [-0.15, -0.1) is 11.3 Å². The fourth-order valence-corrected chi connectivity index (χ4v) is 4.50. The number of hydrogen-bond acceptors (Lipinski definition) is 6. The summed E-state index contributed by atoms with van der Waals surface area (Å²) in [4.78, 5) is 20.7. The number of amides is 1. The van der Waals surface area contributed by atoms with Crippen LogP contribution in [0.4, 0.5) is 0 Å². The topological polar surface area (TPSA) is 73.3 Å². The third-order valence-electron chi connectivity index (χ3n) is 5.12. The fourth-order valence-electron chi connectivity index (χ4n) is 3.48. The molecule has 34 heavy (non-hydrogen) atoms. The number of nitrogens with one attached hydrogen (secondary N) is 1. The van der Waals surface area contributed by atoms with Crippen molar-refractivity contribution in [3.63, 3.8) is 0 Å². The summed E-state index contributed by atoms with van der Waals surface area (Å²) in [5, 5.41) is 3.55. The van der Waals surface area contributed by atoms with Crippen LogP contribution < -0.4 is 14.8 Å². The van der Waals surface area contributed by atoms with Crippen LogP contribution in [-0.2, 0) is 6.42 Å². The molecular formula is C27H21N3O3S. The van der Waals surface area contributed by atoms with E-state index >= 15 is 0 Å². The molecule has 0 saturated carbocycles. The van der Waals surface area contributed by atoms with Crippen LogP contribution in [0.5, 0.6) is 23.0 Å². The summed E-state index contributed by atoms with van der Waals surface area (Å²) < 4.78 is 13.1. The summed E-state index contributed by atoms with van der Waals surface area (Å²) in [6.07, 6.45) is 2.22. The third kappa shape index (κ3) is 4.89. The predicted octanol–water partition coefficient (Wildman–Crippen LogP) is 6.23. The number of nitrogens with zero attached hydrogens (tertiary/aromatic N) is 2. The maximum Gasteiger partial charge on any atom is 0.269 e. The largest absolute Gasteiger partial charge is 0.457 e. The first-order chi connectivity index (χ1) is 16.7. The smallest absolute Gasteiger partial charge is 0.269 e. The summed E-state index contributed by atoms with van der Waals surface area (Å²) in [6.45, 7) is 0. The van der Waals surface area contributed by atoms with Gasteiger partial charge in [-0.25, -0.2) is 4.98 Å². The second-order valence-corrected chi connectivity index (χ2v) is 8.61. The first-order valence-electron chi connectivity index (χ1n) is 10.7. The van der Waals surface area contributed by atoms with Gasteiger partial charge < -0.3 is 14.8 Å². The molecule has 0 saturated heterocycles. The van der Waals surface area contributed by atoms with E-state index in [4.69, 9.17) is 14.5 Å². The lowest BCUT2D eigenvalue weighted by molar-refractivity contribution is 0.0958. The Hall–Kier alpha value is -4.23.